The minimum atomic E-state index is -0.603. The number of ether oxygens (including phenoxy) is 1. The molecule has 5 nitrogen and oxygen atoms in total. The maximum Gasteiger partial charge on any atom is 0.408 e. The minimum absolute atomic E-state index is 0.173. The first kappa shape index (κ1) is 12.4. The van der Waals surface area contributed by atoms with Crippen LogP contribution in [0.5, 0.6) is 0 Å². The highest BCUT2D eigenvalue weighted by Gasteiger charge is 2.36. The first-order valence-electron chi connectivity index (χ1n) is 5.93. The van der Waals surface area contributed by atoms with E-state index in [0.717, 1.165) is 18.4 Å². The van der Waals surface area contributed by atoms with E-state index in [2.05, 4.69) is 5.32 Å². The molecule has 1 atom stereocenters. The van der Waals surface area contributed by atoms with Gasteiger partial charge in [-0.25, -0.2) is 4.79 Å². The Balaban J connectivity index is 1.79. The van der Waals surface area contributed by atoms with Crippen molar-refractivity contribution in [2.75, 3.05) is 0 Å². The Morgan fingerprint density at radius 3 is 2.56 bits per heavy atom. The van der Waals surface area contributed by atoms with Gasteiger partial charge in [-0.1, -0.05) is 30.3 Å². The summed E-state index contributed by atoms with van der Waals surface area (Å²) in [5.74, 6) is -0.332. The van der Waals surface area contributed by atoms with Crippen molar-refractivity contribution in [3.8, 4) is 0 Å². The fourth-order valence-electron chi connectivity index (χ4n) is 1.74. The normalized spacial score (nSPS) is 15.8. The molecule has 0 aliphatic heterocycles. The van der Waals surface area contributed by atoms with E-state index in [1.807, 2.05) is 30.3 Å². The third kappa shape index (κ3) is 3.48. The minimum Gasteiger partial charge on any atom is -0.445 e. The van der Waals surface area contributed by atoms with Crippen molar-refractivity contribution in [3.63, 3.8) is 0 Å². The molecule has 3 N–H and O–H groups in total. The van der Waals surface area contributed by atoms with Gasteiger partial charge in [-0.15, -0.1) is 0 Å². The highest BCUT2D eigenvalue weighted by Crippen LogP contribution is 2.32. The Labute approximate surface area is 105 Å². The maximum atomic E-state index is 11.5. The van der Waals surface area contributed by atoms with E-state index >= 15 is 0 Å². The quantitative estimate of drug-likeness (QED) is 0.820. The van der Waals surface area contributed by atoms with Gasteiger partial charge >= 0.3 is 6.09 Å². The number of amides is 2. The highest BCUT2D eigenvalue weighted by molar-refractivity contribution is 5.84. The van der Waals surface area contributed by atoms with Gasteiger partial charge in [-0.2, -0.15) is 0 Å². The molecule has 1 aromatic carbocycles. The molecule has 0 aromatic heterocycles. The number of hydrogen-bond acceptors (Lipinski definition) is 3. The number of carbonyl (C=O) groups is 2. The molecule has 0 radical (unpaired) electrons. The van der Waals surface area contributed by atoms with E-state index in [0.29, 0.717) is 0 Å². The van der Waals surface area contributed by atoms with Gasteiger partial charge in [0.2, 0.25) is 5.91 Å². The number of carbonyl (C=O) groups excluding carboxylic acids is 2. The number of nitrogens with one attached hydrogen (secondary N) is 1. The molecule has 1 aromatic rings. The topological polar surface area (TPSA) is 81.4 Å². The van der Waals surface area contributed by atoms with Gasteiger partial charge in [-0.05, 0) is 24.3 Å². The lowest BCUT2D eigenvalue weighted by Gasteiger charge is -2.14. The molecule has 0 bridgehead atoms. The first-order valence-corrected chi connectivity index (χ1v) is 5.93. The van der Waals surface area contributed by atoms with Gasteiger partial charge in [0.1, 0.15) is 12.6 Å². The SMILES string of the molecule is NC(=O)C(NC(=O)OCc1ccccc1)C1CC1. The number of hydrogen-bond donors (Lipinski definition) is 2. The van der Waals surface area contributed by atoms with Crippen LogP contribution in [-0.4, -0.2) is 18.0 Å². The maximum absolute atomic E-state index is 11.5. The number of rotatable bonds is 5. The van der Waals surface area contributed by atoms with E-state index in [1.54, 1.807) is 0 Å². The molecular formula is C13H16N2O3. The number of alkyl carbamates (subject to hydrolysis) is 1. The summed E-state index contributed by atoms with van der Waals surface area (Å²) in [7, 11) is 0. The van der Waals surface area contributed by atoms with Crippen molar-refractivity contribution in [2.45, 2.75) is 25.5 Å². The van der Waals surface area contributed by atoms with Gasteiger partial charge < -0.3 is 15.8 Å². The van der Waals surface area contributed by atoms with Crippen molar-refractivity contribution in [1.29, 1.82) is 0 Å². The van der Waals surface area contributed by atoms with Crippen molar-refractivity contribution in [1.82, 2.24) is 5.32 Å². The molecule has 18 heavy (non-hydrogen) atoms. The second-order valence-corrected chi connectivity index (χ2v) is 4.42. The first-order chi connectivity index (χ1) is 8.66. The summed E-state index contributed by atoms with van der Waals surface area (Å²) in [4.78, 5) is 22.7. The van der Waals surface area contributed by atoms with Crippen molar-refractivity contribution < 1.29 is 14.3 Å². The molecule has 1 aliphatic rings. The van der Waals surface area contributed by atoms with Crippen LogP contribution in [0.15, 0.2) is 30.3 Å². The van der Waals surface area contributed by atoms with Gasteiger partial charge in [-0.3, -0.25) is 4.79 Å². The summed E-state index contributed by atoms with van der Waals surface area (Å²) >= 11 is 0. The van der Waals surface area contributed by atoms with Crippen LogP contribution in [0.3, 0.4) is 0 Å². The predicted molar refractivity (Wildman–Crippen MR) is 65.5 cm³/mol. The molecule has 2 amide bonds. The number of benzene rings is 1. The molecule has 0 spiro atoms. The van der Waals surface area contributed by atoms with E-state index in [-0.39, 0.29) is 12.5 Å². The van der Waals surface area contributed by atoms with Crippen molar-refractivity contribution in [3.05, 3.63) is 35.9 Å². The summed E-state index contributed by atoms with van der Waals surface area (Å²) in [6.45, 7) is 0.183. The molecule has 96 valence electrons. The van der Waals surface area contributed by atoms with Crippen LogP contribution in [0, 0.1) is 5.92 Å². The van der Waals surface area contributed by atoms with Gasteiger partial charge in [0.25, 0.3) is 0 Å². The summed E-state index contributed by atoms with van der Waals surface area (Å²) < 4.78 is 5.03. The summed E-state index contributed by atoms with van der Waals surface area (Å²) in [5, 5.41) is 2.51. The Kier molecular flexibility index (Phi) is 3.82. The zero-order valence-electron chi connectivity index (χ0n) is 9.96. The van der Waals surface area contributed by atoms with Crippen LogP contribution < -0.4 is 11.1 Å². The number of nitrogens with two attached hydrogens (primary N) is 1. The molecule has 1 saturated carbocycles. The molecule has 2 rings (SSSR count). The van der Waals surface area contributed by atoms with Crippen LogP contribution in [0.1, 0.15) is 18.4 Å². The summed E-state index contributed by atoms with van der Waals surface area (Å²) in [6.07, 6.45) is 1.24. The lowest BCUT2D eigenvalue weighted by Crippen LogP contribution is -2.46. The monoisotopic (exact) mass is 248 g/mol. The average molecular weight is 248 g/mol. The van der Waals surface area contributed by atoms with E-state index < -0.39 is 18.0 Å². The van der Waals surface area contributed by atoms with Crippen molar-refractivity contribution in [2.24, 2.45) is 11.7 Å². The zero-order chi connectivity index (χ0) is 13.0. The lowest BCUT2D eigenvalue weighted by molar-refractivity contribution is -0.120. The standard InChI is InChI=1S/C13H16N2O3/c14-12(16)11(10-6-7-10)15-13(17)18-8-9-4-2-1-3-5-9/h1-5,10-11H,6-8H2,(H2,14,16)(H,15,17). The average Bonchev–Trinajstić information content (AvgIpc) is 3.18. The van der Waals surface area contributed by atoms with E-state index in [9.17, 15) is 9.59 Å². The fourth-order valence-corrected chi connectivity index (χ4v) is 1.74. The number of primary amides is 1. The second-order valence-electron chi connectivity index (χ2n) is 4.42. The van der Waals surface area contributed by atoms with Gasteiger partial charge in [0, 0.05) is 0 Å². The largest absolute Gasteiger partial charge is 0.445 e. The molecular weight excluding hydrogens is 232 g/mol. The molecule has 0 heterocycles. The Morgan fingerprint density at radius 1 is 1.33 bits per heavy atom. The Morgan fingerprint density at radius 2 is 2.00 bits per heavy atom. The fraction of sp³-hybridized carbons (Fsp3) is 0.385. The lowest BCUT2D eigenvalue weighted by atomic mass is 10.2. The van der Waals surface area contributed by atoms with Crippen LogP contribution in [0.25, 0.3) is 0 Å². The predicted octanol–water partition coefficient (Wildman–Crippen LogP) is 1.18. The molecule has 5 heteroatoms. The van der Waals surface area contributed by atoms with Gasteiger partial charge in [0.15, 0.2) is 0 Å². The highest BCUT2D eigenvalue weighted by atomic mass is 16.5. The Hall–Kier alpha value is -2.04. The molecule has 1 fully saturated rings. The van der Waals surface area contributed by atoms with Crippen LogP contribution in [0.4, 0.5) is 4.79 Å². The van der Waals surface area contributed by atoms with E-state index in [4.69, 9.17) is 10.5 Å². The molecule has 1 aliphatic carbocycles. The second kappa shape index (κ2) is 5.53. The molecule has 0 saturated heterocycles. The molecule has 1 unspecified atom stereocenters. The van der Waals surface area contributed by atoms with Crippen LogP contribution in [-0.2, 0) is 16.1 Å². The van der Waals surface area contributed by atoms with Gasteiger partial charge in [0.05, 0.1) is 0 Å². The third-order valence-electron chi connectivity index (χ3n) is 2.89. The van der Waals surface area contributed by atoms with Crippen LogP contribution >= 0.6 is 0 Å². The zero-order valence-corrected chi connectivity index (χ0v) is 9.96. The summed E-state index contributed by atoms with van der Waals surface area (Å²) in [5.41, 5.74) is 6.12. The van der Waals surface area contributed by atoms with Crippen molar-refractivity contribution >= 4 is 12.0 Å². The van der Waals surface area contributed by atoms with Crippen LogP contribution in [0.2, 0.25) is 0 Å². The third-order valence-corrected chi connectivity index (χ3v) is 2.89. The summed E-state index contributed by atoms with van der Waals surface area (Å²) in [6, 6.07) is 8.74. The Bertz CT molecular complexity index is 429. The smallest absolute Gasteiger partial charge is 0.408 e. The van der Waals surface area contributed by atoms with E-state index in [1.165, 1.54) is 0 Å².